The highest BCUT2D eigenvalue weighted by Crippen LogP contribution is 2.17. The minimum absolute atomic E-state index is 0.428. The van der Waals surface area contributed by atoms with Crippen molar-refractivity contribution in [2.24, 2.45) is 10.7 Å². The Morgan fingerprint density at radius 3 is 2.46 bits per heavy atom. The molecule has 0 unspecified atom stereocenters. The van der Waals surface area contributed by atoms with E-state index in [4.69, 9.17) is 10.5 Å². The van der Waals surface area contributed by atoms with E-state index in [1.807, 2.05) is 50.2 Å². The number of nitrogens with one attached hydrogen (secondary N) is 2. The average molecular weight is 354 g/mol. The largest absolute Gasteiger partial charge is 0.494 e. The maximum atomic E-state index is 11.1. The van der Waals surface area contributed by atoms with Gasteiger partial charge in [0.05, 0.1) is 13.2 Å². The van der Waals surface area contributed by atoms with Gasteiger partial charge in [0.2, 0.25) is 5.91 Å². The summed E-state index contributed by atoms with van der Waals surface area (Å²) in [7, 11) is 0. The van der Waals surface area contributed by atoms with Crippen molar-refractivity contribution in [1.82, 2.24) is 10.6 Å². The monoisotopic (exact) mass is 354 g/mol. The fourth-order valence-corrected chi connectivity index (χ4v) is 2.41. The predicted molar refractivity (Wildman–Crippen MR) is 104 cm³/mol. The molecule has 0 spiro atoms. The molecule has 1 amide bonds. The van der Waals surface area contributed by atoms with Gasteiger partial charge < -0.3 is 21.1 Å². The number of amides is 1. The van der Waals surface area contributed by atoms with Crippen molar-refractivity contribution in [3.8, 4) is 5.75 Å². The Bertz CT molecular complexity index is 742. The number of aliphatic imine (C=N–C) groups is 1. The van der Waals surface area contributed by atoms with E-state index in [0.29, 0.717) is 25.3 Å². The second-order valence-electron chi connectivity index (χ2n) is 5.65. The van der Waals surface area contributed by atoms with Crippen molar-refractivity contribution in [3.63, 3.8) is 0 Å². The number of carbonyl (C=O) groups is 1. The van der Waals surface area contributed by atoms with Crippen LogP contribution in [0.1, 0.15) is 35.3 Å². The number of nitrogens with zero attached hydrogens (tertiary/aromatic N) is 1. The van der Waals surface area contributed by atoms with Gasteiger partial charge in [-0.1, -0.05) is 30.3 Å². The second kappa shape index (κ2) is 10.1. The maximum Gasteiger partial charge on any atom is 0.248 e. The molecule has 0 saturated heterocycles. The molecule has 0 atom stereocenters. The van der Waals surface area contributed by atoms with Gasteiger partial charge in [0.25, 0.3) is 0 Å². The van der Waals surface area contributed by atoms with Crippen molar-refractivity contribution in [1.29, 1.82) is 0 Å². The lowest BCUT2D eigenvalue weighted by Crippen LogP contribution is -2.36. The molecule has 2 aromatic carbocycles. The van der Waals surface area contributed by atoms with Gasteiger partial charge in [0.1, 0.15) is 5.75 Å². The summed E-state index contributed by atoms with van der Waals surface area (Å²) >= 11 is 0. The van der Waals surface area contributed by atoms with Gasteiger partial charge in [-0.25, -0.2) is 4.99 Å². The molecule has 0 aliphatic carbocycles. The van der Waals surface area contributed by atoms with E-state index >= 15 is 0 Å². The van der Waals surface area contributed by atoms with Gasteiger partial charge in [0.15, 0.2) is 5.96 Å². The summed E-state index contributed by atoms with van der Waals surface area (Å²) in [5.41, 5.74) is 7.83. The summed E-state index contributed by atoms with van der Waals surface area (Å²) in [4.78, 5) is 15.7. The molecule has 2 aromatic rings. The van der Waals surface area contributed by atoms with Crippen LogP contribution in [0, 0.1) is 0 Å². The van der Waals surface area contributed by atoms with Crippen LogP contribution in [0.4, 0.5) is 0 Å². The van der Waals surface area contributed by atoms with Crippen LogP contribution in [0.2, 0.25) is 0 Å². The molecular formula is C20H26N4O2. The van der Waals surface area contributed by atoms with Crippen LogP contribution in [0.15, 0.2) is 53.5 Å². The summed E-state index contributed by atoms with van der Waals surface area (Å²) in [6, 6.07) is 15.1. The van der Waals surface area contributed by atoms with Gasteiger partial charge >= 0.3 is 0 Å². The van der Waals surface area contributed by atoms with Gasteiger partial charge in [-0.05, 0) is 37.6 Å². The lowest BCUT2D eigenvalue weighted by Gasteiger charge is -2.14. The molecule has 0 aliphatic heterocycles. The zero-order chi connectivity index (χ0) is 18.8. The van der Waals surface area contributed by atoms with Gasteiger partial charge in [-0.3, -0.25) is 4.79 Å². The summed E-state index contributed by atoms with van der Waals surface area (Å²) in [5.74, 6) is 1.17. The first-order valence-corrected chi connectivity index (χ1v) is 8.75. The van der Waals surface area contributed by atoms with Crippen LogP contribution in [-0.2, 0) is 13.1 Å². The lowest BCUT2D eigenvalue weighted by atomic mass is 10.1. The van der Waals surface area contributed by atoms with Crippen LogP contribution in [0.25, 0.3) is 0 Å². The molecule has 138 valence electrons. The molecule has 0 bridgehead atoms. The zero-order valence-electron chi connectivity index (χ0n) is 15.3. The highest BCUT2D eigenvalue weighted by atomic mass is 16.5. The topological polar surface area (TPSA) is 88.7 Å². The molecule has 26 heavy (non-hydrogen) atoms. The van der Waals surface area contributed by atoms with Gasteiger partial charge in [0, 0.05) is 24.2 Å². The number of hydrogen-bond donors (Lipinski definition) is 3. The van der Waals surface area contributed by atoms with Crippen LogP contribution in [-0.4, -0.2) is 25.0 Å². The SMILES string of the molecule is CCNC(=NCc1ccc(C(N)=O)cc1)NCc1ccccc1OCC. The van der Waals surface area contributed by atoms with Crippen molar-refractivity contribution in [2.45, 2.75) is 26.9 Å². The quantitative estimate of drug-likeness (QED) is 0.502. The number of primary amides is 1. The highest BCUT2D eigenvalue weighted by molar-refractivity contribution is 5.92. The number of nitrogens with two attached hydrogens (primary N) is 1. The predicted octanol–water partition coefficient (Wildman–Crippen LogP) is 2.44. The molecule has 0 saturated carbocycles. The van der Waals surface area contributed by atoms with E-state index < -0.39 is 5.91 Å². The van der Waals surface area contributed by atoms with Crippen LogP contribution < -0.4 is 21.1 Å². The number of rotatable bonds is 8. The fourth-order valence-electron chi connectivity index (χ4n) is 2.41. The molecular weight excluding hydrogens is 328 g/mol. The van der Waals surface area contributed by atoms with Crippen molar-refractivity contribution >= 4 is 11.9 Å². The van der Waals surface area contributed by atoms with Gasteiger partial charge in [-0.2, -0.15) is 0 Å². The Hall–Kier alpha value is -3.02. The van der Waals surface area contributed by atoms with E-state index in [9.17, 15) is 4.79 Å². The molecule has 0 heterocycles. The summed E-state index contributed by atoms with van der Waals surface area (Å²) in [6.45, 7) is 6.50. The molecule has 0 aromatic heterocycles. The standard InChI is InChI=1S/C20H26N4O2/c1-3-22-20(23-13-15-9-11-16(12-10-15)19(21)25)24-14-17-7-5-6-8-18(17)26-4-2/h5-12H,3-4,13-14H2,1-2H3,(H2,21,25)(H2,22,23,24). The third-order valence-corrected chi connectivity index (χ3v) is 3.72. The molecule has 0 fully saturated rings. The Morgan fingerprint density at radius 2 is 1.81 bits per heavy atom. The Morgan fingerprint density at radius 1 is 1.08 bits per heavy atom. The number of benzene rings is 2. The fraction of sp³-hybridized carbons (Fsp3) is 0.300. The van der Waals surface area contributed by atoms with E-state index in [0.717, 1.165) is 29.4 Å². The van der Waals surface area contributed by atoms with E-state index in [1.165, 1.54) is 0 Å². The first kappa shape index (κ1) is 19.3. The Kier molecular flexibility index (Phi) is 7.49. The van der Waals surface area contributed by atoms with E-state index in [1.54, 1.807) is 12.1 Å². The second-order valence-corrected chi connectivity index (χ2v) is 5.65. The third-order valence-electron chi connectivity index (χ3n) is 3.72. The Balaban J connectivity index is 2.01. The number of para-hydroxylation sites is 1. The number of guanidine groups is 1. The van der Waals surface area contributed by atoms with Crippen LogP contribution >= 0.6 is 0 Å². The number of hydrogen-bond acceptors (Lipinski definition) is 3. The average Bonchev–Trinajstić information content (AvgIpc) is 2.65. The Labute approximate surface area is 154 Å². The highest BCUT2D eigenvalue weighted by Gasteiger charge is 2.04. The third kappa shape index (κ3) is 5.81. The molecule has 0 radical (unpaired) electrons. The molecule has 0 aliphatic rings. The number of ether oxygens (including phenoxy) is 1. The first-order chi connectivity index (χ1) is 12.6. The summed E-state index contributed by atoms with van der Waals surface area (Å²) in [6.07, 6.45) is 0. The van der Waals surface area contributed by atoms with Crippen molar-refractivity contribution in [2.75, 3.05) is 13.2 Å². The van der Waals surface area contributed by atoms with Gasteiger partial charge in [-0.15, -0.1) is 0 Å². The van der Waals surface area contributed by atoms with E-state index in [2.05, 4.69) is 15.6 Å². The molecule has 6 nitrogen and oxygen atoms in total. The summed E-state index contributed by atoms with van der Waals surface area (Å²) in [5, 5.41) is 6.55. The maximum absolute atomic E-state index is 11.1. The van der Waals surface area contributed by atoms with E-state index in [-0.39, 0.29) is 0 Å². The minimum atomic E-state index is -0.428. The summed E-state index contributed by atoms with van der Waals surface area (Å²) < 4.78 is 5.65. The van der Waals surface area contributed by atoms with Crippen LogP contribution in [0.3, 0.4) is 0 Å². The molecule has 2 rings (SSSR count). The van der Waals surface area contributed by atoms with Crippen LogP contribution in [0.5, 0.6) is 5.75 Å². The molecule has 6 heteroatoms. The molecule has 4 N–H and O–H groups in total. The normalized spacial score (nSPS) is 11.1. The number of carbonyl (C=O) groups excluding carboxylic acids is 1. The van der Waals surface area contributed by atoms with Crippen molar-refractivity contribution in [3.05, 3.63) is 65.2 Å². The minimum Gasteiger partial charge on any atom is -0.494 e. The zero-order valence-corrected chi connectivity index (χ0v) is 15.3. The lowest BCUT2D eigenvalue weighted by molar-refractivity contribution is 0.100. The first-order valence-electron chi connectivity index (χ1n) is 8.75. The smallest absolute Gasteiger partial charge is 0.248 e. The van der Waals surface area contributed by atoms with Crippen molar-refractivity contribution < 1.29 is 9.53 Å².